The predicted octanol–water partition coefficient (Wildman–Crippen LogP) is 3.53. The molecule has 2 atom stereocenters. The minimum absolute atomic E-state index is 0.228. The molecule has 2 heteroatoms. The standard InChI is InChI=1S/C15H23AsO/c1-14(2,3)13-16(15(4,5)6)11-9-7-8-10-12(11)17-13/h7-10,13H,1-6H3. The summed E-state index contributed by atoms with van der Waals surface area (Å²) in [5.41, 5.74) is 0.228. The van der Waals surface area contributed by atoms with Gasteiger partial charge in [0.15, 0.2) is 0 Å². The summed E-state index contributed by atoms with van der Waals surface area (Å²) in [7, 11) is 0. The van der Waals surface area contributed by atoms with Gasteiger partial charge in [-0.1, -0.05) is 0 Å². The van der Waals surface area contributed by atoms with E-state index < -0.39 is 14.7 Å². The Labute approximate surface area is 110 Å². The second-order valence-electron chi connectivity index (χ2n) is 6.84. The third-order valence-corrected chi connectivity index (χ3v) is 10.8. The van der Waals surface area contributed by atoms with E-state index in [1.807, 2.05) is 0 Å². The molecule has 0 amide bonds. The van der Waals surface area contributed by atoms with Gasteiger partial charge in [-0.15, -0.1) is 0 Å². The van der Waals surface area contributed by atoms with Gasteiger partial charge in [-0.3, -0.25) is 0 Å². The van der Waals surface area contributed by atoms with E-state index >= 15 is 0 Å². The molecule has 2 rings (SSSR count). The predicted molar refractivity (Wildman–Crippen MR) is 75.4 cm³/mol. The molecule has 1 aromatic carbocycles. The Morgan fingerprint density at radius 1 is 1.00 bits per heavy atom. The van der Waals surface area contributed by atoms with Crippen LogP contribution in [0.1, 0.15) is 41.5 Å². The molecule has 0 aromatic heterocycles. The molecule has 1 aromatic rings. The summed E-state index contributed by atoms with van der Waals surface area (Å²) in [6, 6.07) is 8.65. The molecule has 17 heavy (non-hydrogen) atoms. The van der Waals surface area contributed by atoms with Crippen LogP contribution < -0.4 is 9.09 Å². The Morgan fingerprint density at radius 2 is 1.59 bits per heavy atom. The molecule has 1 aliphatic heterocycles. The summed E-state index contributed by atoms with van der Waals surface area (Å²) in [4.78, 5) is 0.410. The van der Waals surface area contributed by atoms with E-state index in [1.165, 1.54) is 4.35 Å². The number of hydrogen-bond donors (Lipinski definition) is 0. The molecule has 2 unspecified atom stereocenters. The van der Waals surface area contributed by atoms with Crippen LogP contribution in [-0.4, -0.2) is 19.5 Å². The number of rotatable bonds is 0. The fraction of sp³-hybridized carbons (Fsp3) is 0.600. The summed E-state index contributed by atoms with van der Waals surface area (Å²) >= 11 is -1.21. The van der Waals surface area contributed by atoms with Crippen LogP contribution in [0, 0.1) is 5.41 Å². The summed E-state index contributed by atoms with van der Waals surface area (Å²) in [5, 5.41) is 0. The molecule has 94 valence electrons. The van der Waals surface area contributed by atoms with E-state index in [2.05, 4.69) is 65.8 Å². The van der Waals surface area contributed by atoms with E-state index in [4.69, 9.17) is 4.74 Å². The van der Waals surface area contributed by atoms with Gasteiger partial charge < -0.3 is 0 Å². The van der Waals surface area contributed by atoms with E-state index in [1.54, 1.807) is 0 Å². The van der Waals surface area contributed by atoms with E-state index in [0.717, 1.165) is 5.75 Å². The topological polar surface area (TPSA) is 9.23 Å². The van der Waals surface area contributed by atoms with Crippen molar-refractivity contribution in [2.24, 2.45) is 5.41 Å². The minimum atomic E-state index is -1.21. The summed E-state index contributed by atoms with van der Waals surface area (Å²) in [6.45, 7) is 14.0. The van der Waals surface area contributed by atoms with Crippen molar-refractivity contribution >= 4 is 19.0 Å². The molecule has 1 aliphatic rings. The van der Waals surface area contributed by atoms with Gasteiger partial charge in [0.25, 0.3) is 0 Å². The quantitative estimate of drug-likeness (QED) is 0.665. The molecule has 0 N–H and O–H groups in total. The van der Waals surface area contributed by atoms with Crippen LogP contribution in [0.5, 0.6) is 5.75 Å². The van der Waals surface area contributed by atoms with E-state index in [9.17, 15) is 0 Å². The fourth-order valence-corrected chi connectivity index (χ4v) is 9.22. The number of hydrogen-bond acceptors (Lipinski definition) is 1. The third-order valence-electron chi connectivity index (χ3n) is 3.06. The molecule has 0 bridgehead atoms. The van der Waals surface area contributed by atoms with Crippen molar-refractivity contribution in [2.75, 3.05) is 0 Å². The Hall–Kier alpha value is -0.422. The van der Waals surface area contributed by atoms with Crippen molar-refractivity contribution in [3.8, 4) is 5.75 Å². The van der Waals surface area contributed by atoms with Gasteiger partial charge in [-0.05, 0) is 0 Å². The molecule has 0 saturated carbocycles. The number of ether oxygens (including phenoxy) is 1. The number of fused-ring (bicyclic) bond motifs is 1. The van der Waals surface area contributed by atoms with Gasteiger partial charge in [0.05, 0.1) is 0 Å². The van der Waals surface area contributed by atoms with E-state index in [0.29, 0.717) is 9.09 Å². The van der Waals surface area contributed by atoms with Crippen molar-refractivity contribution in [2.45, 2.75) is 50.6 Å². The molecule has 0 spiro atoms. The van der Waals surface area contributed by atoms with Gasteiger partial charge in [0, 0.05) is 0 Å². The SMILES string of the molecule is CC(C)(C)C1Oc2ccccc2[As]1C(C)(C)C. The maximum atomic E-state index is 6.28. The second-order valence-corrected chi connectivity index (χ2v) is 13.2. The summed E-state index contributed by atoms with van der Waals surface area (Å²) in [6.07, 6.45) is 0. The van der Waals surface area contributed by atoms with Crippen LogP contribution in [0.25, 0.3) is 0 Å². The second kappa shape index (κ2) is 4.05. The first-order chi connectivity index (χ1) is 7.71. The molecular weight excluding hydrogens is 271 g/mol. The van der Waals surface area contributed by atoms with Crippen LogP contribution in [0.2, 0.25) is 4.20 Å². The van der Waals surface area contributed by atoms with Gasteiger partial charge >= 0.3 is 110 Å². The van der Waals surface area contributed by atoms with Crippen molar-refractivity contribution in [1.82, 2.24) is 0 Å². The Balaban J connectivity index is 2.48. The van der Waals surface area contributed by atoms with Gasteiger partial charge in [-0.2, -0.15) is 0 Å². The molecule has 1 heterocycles. The van der Waals surface area contributed by atoms with Crippen molar-refractivity contribution < 1.29 is 4.74 Å². The zero-order valence-electron chi connectivity index (χ0n) is 11.7. The zero-order chi connectivity index (χ0) is 12.8. The zero-order valence-corrected chi connectivity index (χ0v) is 13.6. The Kier molecular flexibility index (Phi) is 3.10. The Morgan fingerprint density at radius 3 is 2.12 bits per heavy atom. The fourth-order valence-electron chi connectivity index (χ4n) is 2.33. The van der Waals surface area contributed by atoms with E-state index in [-0.39, 0.29) is 5.41 Å². The molecular formula is C15H23AsO. The average molecular weight is 294 g/mol. The summed E-state index contributed by atoms with van der Waals surface area (Å²) in [5.74, 6) is 1.14. The van der Waals surface area contributed by atoms with Crippen molar-refractivity contribution in [3.63, 3.8) is 0 Å². The normalized spacial score (nSPS) is 24.4. The number of para-hydroxylation sites is 1. The van der Waals surface area contributed by atoms with Crippen LogP contribution in [-0.2, 0) is 0 Å². The molecule has 0 radical (unpaired) electrons. The van der Waals surface area contributed by atoms with Gasteiger partial charge in [0.1, 0.15) is 0 Å². The molecule has 0 fully saturated rings. The van der Waals surface area contributed by atoms with Gasteiger partial charge in [0.2, 0.25) is 0 Å². The average Bonchev–Trinajstić information content (AvgIpc) is 2.54. The molecule has 0 saturated heterocycles. The van der Waals surface area contributed by atoms with Crippen LogP contribution >= 0.6 is 0 Å². The van der Waals surface area contributed by atoms with Gasteiger partial charge in [-0.25, -0.2) is 0 Å². The first-order valence-electron chi connectivity index (χ1n) is 6.26. The summed E-state index contributed by atoms with van der Waals surface area (Å²) < 4.78 is 8.17. The molecule has 1 nitrogen and oxygen atoms in total. The van der Waals surface area contributed by atoms with Crippen molar-refractivity contribution in [3.05, 3.63) is 24.3 Å². The monoisotopic (exact) mass is 294 g/mol. The Bertz CT molecular complexity index is 412. The van der Waals surface area contributed by atoms with Crippen LogP contribution in [0.15, 0.2) is 24.3 Å². The third kappa shape index (κ3) is 2.40. The first kappa shape index (κ1) is 13.0. The van der Waals surface area contributed by atoms with Crippen LogP contribution in [0.3, 0.4) is 0 Å². The van der Waals surface area contributed by atoms with Crippen LogP contribution in [0.4, 0.5) is 0 Å². The maximum absolute atomic E-state index is 6.28. The van der Waals surface area contributed by atoms with Crippen molar-refractivity contribution in [1.29, 1.82) is 0 Å². The first-order valence-corrected chi connectivity index (χ1v) is 9.22. The molecule has 0 aliphatic carbocycles. The number of benzene rings is 1.